The number of fused-ring (bicyclic) bond motifs is 1. The summed E-state index contributed by atoms with van der Waals surface area (Å²) in [6.07, 6.45) is 7.34. The molecule has 21 heavy (non-hydrogen) atoms. The zero-order valence-electron chi connectivity index (χ0n) is 12.5. The van der Waals surface area contributed by atoms with Gasteiger partial charge in [-0.15, -0.1) is 0 Å². The predicted octanol–water partition coefficient (Wildman–Crippen LogP) is 2.05. The fourth-order valence-electron chi connectivity index (χ4n) is 4.31. The maximum atomic E-state index is 12.6. The molecule has 0 aromatic carbocycles. The SMILES string of the molecule is O=C(O)C1CC2CCCCC2N1C(=O)CCC1CCOC1. The molecule has 5 nitrogen and oxygen atoms in total. The second kappa shape index (κ2) is 6.34. The summed E-state index contributed by atoms with van der Waals surface area (Å²) in [5.74, 6) is 0.0891. The minimum Gasteiger partial charge on any atom is -0.480 e. The fourth-order valence-corrected chi connectivity index (χ4v) is 4.31. The lowest BCUT2D eigenvalue weighted by Crippen LogP contribution is -2.46. The van der Waals surface area contributed by atoms with E-state index in [0.717, 1.165) is 45.3 Å². The Labute approximate surface area is 125 Å². The number of rotatable bonds is 4. The molecule has 1 N–H and O–H groups in total. The number of aliphatic carboxylic acids is 1. The van der Waals surface area contributed by atoms with E-state index in [0.29, 0.717) is 24.7 Å². The Bertz CT molecular complexity index is 405. The number of hydrogen-bond acceptors (Lipinski definition) is 3. The average Bonchev–Trinajstić information content (AvgIpc) is 3.11. The van der Waals surface area contributed by atoms with Gasteiger partial charge in [0.1, 0.15) is 6.04 Å². The van der Waals surface area contributed by atoms with E-state index >= 15 is 0 Å². The Kier molecular flexibility index (Phi) is 4.48. The van der Waals surface area contributed by atoms with Gasteiger partial charge in [-0.05, 0) is 43.9 Å². The van der Waals surface area contributed by atoms with Crippen LogP contribution in [0.5, 0.6) is 0 Å². The van der Waals surface area contributed by atoms with Gasteiger partial charge in [-0.3, -0.25) is 4.79 Å². The summed E-state index contributed by atoms with van der Waals surface area (Å²) in [5, 5.41) is 9.45. The van der Waals surface area contributed by atoms with Crippen molar-refractivity contribution in [2.45, 2.75) is 63.5 Å². The molecule has 3 fully saturated rings. The van der Waals surface area contributed by atoms with Crippen LogP contribution in [0.15, 0.2) is 0 Å². The highest BCUT2D eigenvalue weighted by molar-refractivity contribution is 5.84. The number of carbonyl (C=O) groups is 2. The van der Waals surface area contributed by atoms with Gasteiger partial charge < -0.3 is 14.7 Å². The van der Waals surface area contributed by atoms with Gasteiger partial charge in [0.25, 0.3) is 0 Å². The van der Waals surface area contributed by atoms with E-state index in [9.17, 15) is 14.7 Å². The second-order valence-corrected chi connectivity index (χ2v) is 6.77. The topological polar surface area (TPSA) is 66.8 Å². The van der Waals surface area contributed by atoms with Gasteiger partial charge in [0.05, 0.1) is 0 Å². The van der Waals surface area contributed by atoms with E-state index in [1.165, 1.54) is 6.42 Å². The van der Waals surface area contributed by atoms with Gasteiger partial charge in [-0.1, -0.05) is 12.8 Å². The van der Waals surface area contributed by atoms with Crippen LogP contribution in [-0.2, 0) is 14.3 Å². The van der Waals surface area contributed by atoms with Gasteiger partial charge >= 0.3 is 5.97 Å². The van der Waals surface area contributed by atoms with Crippen LogP contribution in [0.2, 0.25) is 0 Å². The van der Waals surface area contributed by atoms with Crippen molar-refractivity contribution in [3.05, 3.63) is 0 Å². The molecule has 1 saturated carbocycles. The number of carbonyl (C=O) groups excluding carboxylic acids is 1. The van der Waals surface area contributed by atoms with Gasteiger partial charge in [0.2, 0.25) is 5.91 Å². The highest BCUT2D eigenvalue weighted by Crippen LogP contribution is 2.40. The smallest absolute Gasteiger partial charge is 0.326 e. The number of carboxylic acids is 1. The lowest BCUT2D eigenvalue weighted by Gasteiger charge is -2.33. The summed E-state index contributed by atoms with van der Waals surface area (Å²) >= 11 is 0. The van der Waals surface area contributed by atoms with Crippen LogP contribution in [0, 0.1) is 11.8 Å². The summed E-state index contributed by atoms with van der Waals surface area (Å²) in [5.41, 5.74) is 0. The molecule has 0 bridgehead atoms. The van der Waals surface area contributed by atoms with Crippen LogP contribution >= 0.6 is 0 Å². The number of ether oxygens (including phenoxy) is 1. The largest absolute Gasteiger partial charge is 0.480 e. The van der Waals surface area contributed by atoms with Crippen LogP contribution in [0.25, 0.3) is 0 Å². The van der Waals surface area contributed by atoms with E-state index in [1.54, 1.807) is 4.90 Å². The molecule has 2 aliphatic heterocycles. The molecule has 5 heteroatoms. The van der Waals surface area contributed by atoms with Crippen molar-refractivity contribution in [1.29, 1.82) is 0 Å². The van der Waals surface area contributed by atoms with Gasteiger partial charge in [0, 0.05) is 25.7 Å². The zero-order valence-corrected chi connectivity index (χ0v) is 12.5. The quantitative estimate of drug-likeness (QED) is 0.862. The molecule has 3 aliphatic rings. The molecule has 0 spiro atoms. The van der Waals surface area contributed by atoms with Crippen LogP contribution in [0.3, 0.4) is 0 Å². The van der Waals surface area contributed by atoms with Crippen LogP contribution in [-0.4, -0.2) is 47.2 Å². The van der Waals surface area contributed by atoms with Crippen molar-refractivity contribution in [3.8, 4) is 0 Å². The minimum absolute atomic E-state index is 0.0451. The van der Waals surface area contributed by atoms with Crippen LogP contribution < -0.4 is 0 Å². The molecular weight excluding hydrogens is 270 g/mol. The third kappa shape index (κ3) is 3.07. The Morgan fingerprint density at radius 1 is 1.19 bits per heavy atom. The molecule has 2 saturated heterocycles. The average molecular weight is 295 g/mol. The van der Waals surface area contributed by atoms with Crippen LogP contribution in [0.1, 0.15) is 51.4 Å². The highest BCUT2D eigenvalue weighted by atomic mass is 16.5. The first-order chi connectivity index (χ1) is 10.2. The van der Waals surface area contributed by atoms with E-state index in [1.807, 2.05) is 0 Å². The highest BCUT2D eigenvalue weighted by Gasteiger charge is 2.47. The first kappa shape index (κ1) is 14.8. The van der Waals surface area contributed by atoms with Crippen LogP contribution in [0.4, 0.5) is 0 Å². The monoisotopic (exact) mass is 295 g/mol. The summed E-state index contributed by atoms with van der Waals surface area (Å²) in [6.45, 7) is 1.55. The maximum Gasteiger partial charge on any atom is 0.326 e. The van der Waals surface area contributed by atoms with Crippen molar-refractivity contribution in [2.24, 2.45) is 11.8 Å². The third-order valence-corrected chi connectivity index (χ3v) is 5.45. The first-order valence-electron chi connectivity index (χ1n) is 8.28. The lowest BCUT2D eigenvalue weighted by molar-refractivity contribution is -0.150. The number of hydrogen-bond donors (Lipinski definition) is 1. The van der Waals surface area contributed by atoms with Crippen molar-refractivity contribution in [1.82, 2.24) is 4.90 Å². The minimum atomic E-state index is -0.832. The number of nitrogens with zero attached hydrogens (tertiary/aromatic N) is 1. The Balaban J connectivity index is 1.64. The van der Waals surface area contributed by atoms with Crippen molar-refractivity contribution in [2.75, 3.05) is 13.2 Å². The summed E-state index contributed by atoms with van der Waals surface area (Å²) in [4.78, 5) is 25.8. The molecule has 0 aromatic rings. The molecule has 3 rings (SSSR count). The molecule has 2 heterocycles. The summed E-state index contributed by atoms with van der Waals surface area (Å²) in [6, 6.07) is -0.419. The number of carboxylic acid groups (broad SMARTS) is 1. The van der Waals surface area contributed by atoms with Crippen molar-refractivity contribution in [3.63, 3.8) is 0 Å². The van der Waals surface area contributed by atoms with Crippen molar-refractivity contribution >= 4 is 11.9 Å². The third-order valence-electron chi connectivity index (χ3n) is 5.45. The maximum absolute atomic E-state index is 12.6. The lowest BCUT2D eigenvalue weighted by atomic mass is 9.84. The number of likely N-dealkylation sites (tertiary alicyclic amines) is 1. The second-order valence-electron chi connectivity index (χ2n) is 6.77. The van der Waals surface area contributed by atoms with E-state index < -0.39 is 12.0 Å². The molecule has 118 valence electrons. The molecule has 1 aliphatic carbocycles. The fraction of sp³-hybridized carbons (Fsp3) is 0.875. The van der Waals surface area contributed by atoms with E-state index in [4.69, 9.17) is 4.74 Å². The van der Waals surface area contributed by atoms with Crippen molar-refractivity contribution < 1.29 is 19.4 Å². The van der Waals surface area contributed by atoms with Gasteiger partial charge in [-0.25, -0.2) is 4.79 Å². The Morgan fingerprint density at radius 2 is 2.00 bits per heavy atom. The molecule has 4 atom stereocenters. The van der Waals surface area contributed by atoms with E-state index in [2.05, 4.69) is 0 Å². The van der Waals surface area contributed by atoms with Gasteiger partial charge in [0.15, 0.2) is 0 Å². The Hall–Kier alpha value is -1.10. The first-order valence-corrected chi connectivity index (χ1v) is 8.28. The number of amides is 1. The Morgan fingerprint density at radius 3 is 2.71 bits per heavy atom. The summed E-state index contributed by atoms with van der Waals surface area (Å²) in [7, 11) is 0. The predicted molar refractivity (Wildman–Crippen MR) is 76.8 cm³/mol. The molecule has 1 amide bonds. The zero-order chi connectivity index (χ0) is 14.8. The standard InChI is InChI=1S/C16H25NO4/c18-15(6-5-11-7-8-21-10-11)17-13-4-2-1-3-12(13)9-14(17)16(19)20/h11-14H,1-10H2,(H,19,20). The van der Waals surface area contributed by atoms with Gasteiger partial charge in [-0.2, -0.15) is 0 Å². The normalized spacial score (nSPS) is 35.7. The van der Waals surface area contributed by atoms with E-state index in [-0.39, 0.29) is 11.9 Å². The molecule has 4 unspecified atom stereocenters. The molecule has 0 aromatic heterocycles. The molecular formula is C16H25NO4. The summed E-state index contributed by atoms with van der Waals surface area (Å²) < 4.78 is 5.34. The molecule has 0 radical (unpaired) electrons.